The minimum atomic E-state index is 0.351. The molecular formula is C15H15NOS. The molecule has 0 radical (unpaired) electrons. The number of benzene rings is 1. The van der Waals surface area contributed by atoms with Crippen LogP contribution in [0.5, 0.6) is 0 Å². The molecule has 2 nitrogen and oxygen atoms in total. The molecule has 1 unspecified atom stereocenters. The lowest BCUT2D eigenvalue weighted by atomic mass is 10.2. The van der Waals surface area contributed by atoms with Crippen LogP contribution in [0, 0.1) is 0 Å². The van der Waals surface area contributed by atoms with Crippen molar-refractivity contribution in [1.29, 1.82) is 0 Å². The number of nitrogens with one attached hydrogen (secondary N) is 1. The molecule has 0 spiro atoms. The fraction of sp³-hybridized carbons (Fsp3) is 0.200. The van der Waals surface area contributed by atoms with Gasteiger partial charge in [0.1, 0.15) is 11.3 Å². The summed E-state index contributed by atoms with van der Waals surface area (Å²) in [6.07, 6.45) is 0. The van der Waals surface area contributed by atoms with Crippen LogP contribution >= 0.6 is 11.3 Å². The summed E-state index contributed by atoms with van der Waals surface area (Å²) in [5.74, 6) is 0.985. The van der Waals surface area contributed by atoms with Crippen molar-refractivity contribution >= 4 is 22.3 Å². The molecule has 0 aliphatic rings. The number of hydrogen-bond acceptors (Lipinski definition) is 3. The fourth-order valence-corrected chi connectivity index (χ4v) is 2.77. The molecule has 2 heterocycles. The summed E-state index contributed by atoms with van der Waals surface area (Å²) < 4.78 is 5.78. The summed E-state index contributed by atoms with van der Waals surface area (Å²) >= 11 is 1.73. The van der Waals surface area contributed by atoms with Gasteiger partial charge in [0.15, 0.2) is 0 Å². The van der Waals surface area contributed by atoms with Crippen LogP contribution in [0.15, 0.2) is 51.6 Å². The molecule has 0 bridgehead atoms. The second-order valence-corrected chi connectivity index (χ2v) is 5.19. The summed E-state index contributed by atoms with van der Waals surface area (Å²) in [6.45, 7) is 2.93. The Morgan fingerprint density at radius 2 is 2.17 bits per heavy atom. The van der Waals surface area contributed by atoms with E-state index in [0.717, 1.165) is 23.3 Å². The zero-order valence-electron chi connectivity index (χ0n) is 10.2. The van der Waals surface area contributed by atoms with Crippen molar-refractivity contribution < 1.29 is 4.42 Å². The quantitative estimate of drug-likeness (QED) is 0.752. The standard InChI is InChI=1S/C15H15NOS/c1-11(13-6-7-18-10-13)16-9-14-8-12-4-2-3-5-15(12)17-14/h2-8,10-11,16H,9H2,1H3. The summed E-state index contributed by atoms with van der Waals surface area (Å²) in [5.41, 5.74) is 2.29. The van der Waals surface area contributed by atoms with Crippen molar-refractivity contribution in [1.82, 2.24) is 5.32 Å². The molecule has 92 valence electrons. The molecular weight excluding hydrogens is 242 g/mol. The maximum Gasteiger partial charge on any atom is 0.134 e. The first-order valence-corrected chi connectivity index (χ1v) is 7.00. The van der Waals surface area contributed by atoms with Crippen molar-refractivity contribution in [3.63, 3.8) is 0 Å². The highest BCUT2D eigenvalue weighted by atomic mass is 32.1. The molecule has 0 saturated heterocycles. The molecule has 3 heteroatoms. The van der Waals surface area contributed by atoms with Crippen LogP contribution in [-0.2, 0) is 6.54 Å². The highest BCUT2D eigenvalue weighted by molar-refractivity contribution is 7.07. The van der Waals surface area contributed by atoms with Crippen LogP contribution in [0.3, 0.4) is 0 Å². The first-order chi connectivity index (χ1) is 8.83. The molecule has 0 saturated carbocycles. The Labute approximate surface area is 110 Å². The van der Waals surface area contributed by atoms with Gasteiger partial charge in [-0.15, -0.1) is 0 Å². The third-order valence-electron chi connectivity index (χ3n) is 3.10. The van der Waals surface area contributed by atoms with Gasteiger partial charge in [0.25, 0.3) is 0 Å². The maximum atomic E-state index is 5.78. The van der Waals surface area contributed by atoms with Gasteiger partial charge in [0.05, 0.1) is 6.54 Å². The van der Waals surface area contributed by atoms with Gasteiger partial charge in [0.2, 0.25) is 0 Å². The second kappa shape index (κ2) is 4.96. The Bertz CT molecular complexity index is 594. The Balaban J connectivity index is 1.69. The van der Waals surface area contributed by atoms with Gasteiger partial charge < -0.3 is 9.73 Å². The minimum absolute atomic E-state index is 0.351. The smallest absolute Gasteiger partial charge is 0.134 e. The lowest BCUT2D eigenvalue weighted by Gasteiger charge is -2.10. The van der Waals surface area contributed by atoms with E-state index in [2.05, 4.69) is 41.2 Å². The maximum absolute atomic E-state index is 5.78. The number of para-hydroxylation sites is 1. The molecule has 0 fully saturated rings. The SMILES string of the molecule is CC(NCc1cc2ccccc2o1)c1ccsc1. The van der Waals surface area contributed by atoms with E-state index in [9.17, 15) is 0 Å². The largest absolute Gasteiger partial charge is 0.460 e. The summed E-state index contributed by atoms with van der Waals surface area (Å²) in [6, 6.07) is 12.7. The molecule has 0 amide bonds. The summed E-state index contributed by atoms with van der Waals surface area (Å²) in [5, 5.41) is 8.92. The minimum Gasteiger partial charge on any atom is -0.460 e. The zero-order valence-corrected chi connectivity index (χ0v) is 11.0. The van der Waals surface area contributed by atoms with E-state index in [4.69, 9.17) is 4.42 Å². The topological polar surface area (TPSA) is 25.2 Å². The molecule has 2 aromatic heterocycles. The van der Waals surface area contributed by atoms with Crippen LogP contribution in [0.1, 0.15) is 24.3 Å². The second-order valence-electron chi connectivity index (χ2n) is 4.41. The van der Waals surface area contributed by atoms with Gasteiger partial charge in [-0.05, 0) is 41.4 Å². The molecule has 0 aliphatic carbocycles. The van der Waals surface area contributed by atoms with Gasteiger partial charge in [-0.2, -0.15) is 11.3 Å². The third kappa shape index (κ3) is 2.33. The van der Waals surface area contributed by atoms with Crippen molar-refractivity contribution in [2.75, 3.05) is 0 Å². The number of rotatable bonds is 4. The molecule has 18 heavy (non-hydrogen) atoms. The van der Waals surface area contributed by atoms with Crippen molar-refractivity contribution in [2.24, 2.45) is 0 Å². The third-order valence-corrected chi connectivity index (χ3v) is 3.80. The molecule has 0 aliphatic heterocycles. The molecule has 3 aromatic rings. The summed E-state index contributed by atoms with van der Waals surface area (Å²) in [4.78, 5) is 0. The van der Waals surface area contributed by atoms with E-state index in [-0.39, 0.29) is 0 Å². The van der Waals surface area contributed by atoms with Crippen molar-refractivity contribution in [2.45, 2.75) is 19.5 Å². The van der Waals surface area contributed by atoms with Gasteiger partial charge in [0, 0.05) is 11.4 Å². The molecule has 3 rings (SSSR count). The average Bonchev–Trinajstić information content (AvgIpc) is 3.04. The first kappa shape index (κ1) is 11.5. The molecule has 1 atom stereocenters. The monoisotopic (exact) mass is 257 g/mol. The van der Waals surface area contributed by atoms with Gasteiger partial charge >= 0.3 is 0 Å². The Kier molecular flexibility index (Phi) is 3.17. The Morgan fingerprint density at radius 1 is 1.28 bits per heavy atom. The van der Waals surface area contributed by atoms with Gasteiger partial charge in [-0.25, -0.2) is 0 Å². The van der Waals surface area contributed by atoms with Crippen LogP contribution in [0.25, 0.3) is 11.0 Å². The lowest BCUT2D eigenvalue weighted by Crippen LogP contribution is -2.17. The number of fused-ring (bicyclic) bond motifs is 1. The van der Waals surface area contributed by atoms with E-state index in [1.807, 2.05) is 18.2 Å². The Morgan fingerprint density at radius 3 is 2.94 bits per heavy atom. The number of furan rings is 1. The zero-order chi connectivity index (χ0) is 12.4. The molecule has 1 N–H and O–H groups in total. The van der Waals surface area contributed by atoms with E-state index >= 15 is 0 Å². The van der Waals surface area contributed by atoms with Gasteiger partial charge in [-0.3, -0.25) is 0 Å². The molecule has 1 aromatic carbocycles. The lowest BCUT2D eigenvalue weighted by molar-refractivity contribution is 0.483. The van der Waals surface area contributed by atoms with E-state index < -0.39 is 0 Å². The number of thiophene rings is 1. The fourth-order valence-electron chi connectivity index (χ4n) is 2.02. The highest BCUT2D eigenvalue weighted by Gasteiger charge is 2.07. The Hall–Kier alpha value is -1.58. The predicted octanol–water partition coefficient (Wildman–Crippen LogP) is 4.35. The first-order valence-electron chi connectivity index (χ1n) is 6.06. The highest BCUT2D eigenvalue weighted by Crippen LogP contribution is 2.20. The number of hydrogen-bond donors (Lipinski definition) is 1. The van der Waals surface area contributed by atoms with Crippen LogP contribution in [-0.4, -0.2) is 0 Å². The normalized spacial score (nSPS) is 12.9. The van der Waals surface area contributed by atoms with E-state index in [0.29, 0.717) is 6.04 Å². The van der Waals surface area contributed by atoms with Gasteiger partial charge in [-0.1, -0.05) is 18.2 Å². The van der Waals surface area contributed by atoms with E-state index in [1.165, 1.54) is 5.56 Å². The van der Waals surface area contributed by atoms with Crippen LogP contribution < -0.4 is 5.32 Å². The van der Waals surface area contributed by atoms with Crippen LogP contribution in [0.4, 0.5) is 0 Å². The summed E-state index contributed by atoms with van der Waals surface area (Å²) in [7, 11) is 0. The van der Waals surface area contributed by atoms with Crippen molar-refractivity contribution in [3.8, 4) is 0 Å². The predicted molar refractivity (Wildman–Crippen MR) is 75.8 cm³/mol. The van der Waals surface area contributed by atoms with Crippen molar-refractivity contribution in [3.05, 3.63) is 58.5 Å². The van der Waals surface area contributed by atoms with Crippen LogP contribution in [0.2, 0.25) is 0 Å². The average molecular weight is 257 g/mol. The van der Waals surface area contributed by atoms with E-state index in [1.54, 1.807) is 11.3 Å².